The van der Waals surface area contributed by atoms with Crippen molar-refractivity contribution in [2.24, 2.45) is 0 Å². The molecular weight excluding hydrogens is 531 g/mol. The summed E-state index contributed by atoms with van der Waals surface area (Å²) in [7, 11) is -0.393. The van der Waals surface area contributed by atoms with Gasteiger partial charge in [-0.1, -0.05) is 132 Å². The van der Waals surface area contributed by atoms with E-state index in [1.54, 1.807) is 0 Å². The highest BCUT2D eigenvalue weighted by Gasteiger charge is 2.25. The summed E-state index contributed by atoms with van der Waals surface area (Å²) >= 11 is 3.90. The Kier molecular flexibility index (Phi) is 8.43. The molecule has 3 aromatic rings. The minimum absolute atomic E-state index is 0.00192. The number of benzene rings is 3. The smallest absolute Gasteiger partial charge is 0.504 e. The minimum Gasteiger partial charge on any atom is -0.538 e. The van der Waals surface area contributed by atoms with E-state index < -0.39 is 7.69 Å². The van der Waals surface area contributed by atoms with Crippen LogP contribution in [0.4, 0.5) is 0 Å². The lowest BCUT2D eigenvalue weighted by Gasteiger charge is -2.27. The molecule has 0 bridgehead atoms. The summed E-state index contributed by atoms with van der Waals surface area (Å²) in [5, 5.41) is 9.90. The Morgan fingerprint density at radius 2 is 0.868 bits per heavy atom. The molecule has 0 radical (unpaired) electrons. The number of hydrogen-bond donors (Lipinski definition) is 1. The van der Waals surface area contributed by atoms with Crippen LogP contribution in [-0.2, 0) is 21.7 Å². The quantitative estimate of drug-likeness (QED) is 0.313. The van der Waals surface area contributed by atoms with Gasteiger partial charge in [0.1, 0.15) is 5.75 Å². The Morgan fingerprint density at radius 1 is 0.553 bits per heavy atom. The summed E-state index contributed by atoms with van der Waals surface area (Å²) in [5.74, 6) is 0.661. The van der Waals surface area contributed by atoms with Crippen LogP contribution in [-0.4, -0.2) is 12.7 Å². The fourth-order valence-electron chi connectivity index (χ4n) is 4.51. The van der Waals surface area contributed by atoms with Crippen molar-refractivity contribution in [3.05, 3.63) is 75.3 Å². The molecule has 0 heterocycles. The third kappa shape index (κ3) is 6.75. The van der Waals surface area contributed by atoms with Crippen LogP contribution in [0.25, 0.3) is 22.3 Å². The van der Waals surface area contributed by atoms with E-state index in [1.165, 1.54) is 22.3 Å². The van der Waals surface area contributed by atoms with Gasteiger partial charge < -0.3 is 9.68 Å². The molecule has 0 aliphatic rings. The van der Waals surface area contributed by atoms with Gasteiger partial charge in [-0.05, 0) is 76.5 Å². The summed E-state index contributed by atoms with van der Waals surface area (Å²) in [4.78, 5) is 0. The molecule has 0 unspecified atom stereocenters. The van der Waals surface area contributed by atoms with Crippen LogP contribution in [0.15, 0.2) is 53.0 Å². The number of rotatable bonds is 4. The molecule has 38 heavy (non-hydrogen) atoms. The molecule has 0 saturated carbocycles. The maximum absolute atomic E-state index is 9.90. The molecule has 0 amide bonds. The summed E-state index contributed by atoms with van der Waals surface area (Å²) in [6, 6.07) is 18.1. The van der Waals surface area contributed by atoms with E-state index in [9.17, 15) is 5.02 Å². The first-order valence-electron chi connectivity index (χ1n) is 13.6. The van der Waals surface area contributed by atoms with E-state index in [-0.39, 0.29) is 21.7 Å². The average Bonchev–Trinajstić information content (AvgIpc) is 2.77. The van der Waals surface area contributed by atoms with Crippen molar-refractivity contribution in [2.75, 3.05) is 0 Å². The van der Waals surface area contributed by atoms with Crippen molar-refractivity contribution in [2.45, 2.75) is 105 Å². The molecule has 0 aliphatic carbocycles. The molecule has 0 saturated heterocycles. The predicted molar refractivity (Wildman–Crippen MR) is 170 cm³/mol. The molecule has 0 fully saturated rings. The average molecular weight is 577 g/mol. The van der Waals surface area contributed by atoms with Crippen molar-refractivity contribution < 1.29 is 9.68 Å². The Hall–Kier alpha value is -2.04. The Bertz CT molecular complexity index is 1250. The lowest BCUT2D eigenvalue weighted by atomic mass is 9.78. The normalized spacial score (nSPS) is 13.0. The van der Waals surface area contributed by atoms with Crippen LogP contribution in [0.5, 0.6) is 5.75 Å². The van der Waals surface area contributed by atoms with Crippen LogP contribution in [0.2, 0.25) is 0 Å². The van der Waals surface area contributed by atoms with Gasteiger partial charge in [-0.25, -0.2) is 0 Å². The first kappa shape index (κ1) is 30.5. The summed E-state index contributed by atoms with van der Waals surface area (Å²) in [6.07, 6.45) is 0. The lowest BCUT2D eigenvalue weighted by Crippen LogP contribution is -2.17. The van der Waals surface area contributed by atoms with Gasteiger partial charge in [0.25, 0.3) is 0 Å². The largest absolute Gasteiger partial charge is 0.538 e. The standard InChI is InChI=1S/C34H46BBrO2/c1-31(2,3)23-15-21(16-24(19-23)32(4,5)6)27-13-14-28(30(29(27)36)38-35-37)22-17-25(33(7,8)9)20-26(18-22)34(10,11)12/h13-20,35,37H,1-12H3. The highest BCUT2D eigenvalue weighted by molar-refractivity contribution is 9.10. The van der Waals surface area contributed by atoms with Crippen molar-refractivity contribution in [1.82, 2.24) is 0 Å². The monoisotopic (exact) mass is 576 g/mol. The minimum atomic E-state index is -0.393. The van der Waals surface area contributed by atoms with Gasteiger partial charge in [-0.2, -0.15) is 0 Å². The van der Waals surface area contributed by atoms with E-state index in [4.69, 9.17) is 4.65 Å². The van der Waals surface area contributed by atoms with Crippen LogP contribution >= 0.6 is 15.9 Å². The highest BCUT2D eigenvalue weighted by atomic mass is 79.9. The third-order valence-electron chi connectivity index (χ3n) is 7.26. The second-order valence-electron chi connectivity index (χ2n) is 14.7. The fourth-order valence-corrected chi connectivity index (χ4v) is 5.20. The van der Waals surface area contributed by atoms with Gasteiger partial charge in [-0.15, -0.1) is 0 Å². The molecule has 0 atom stereocenters. The molecule has 2 nitrogen and oxygen atoms in total. The van der Waals surface area contributed by atoms with Gasteiger partial charge in [0, 0.05) is 5.56 Å². The number of halogens is 1. The molecule has 0 aliphatic heterocycles. The van der Waals surface area contributed by atoms with E-state index >= 15 is 0 Å². The van der Waals surface area contributed by atoms with Crippen molar-refractivity contribution in [3.63, 3.8) is 0 Å². The van der Waals surface area contributed by atoms with Gasteiger partial charge >= 0.3 is 7.69 Å². The zero-order valence-corrected chi connectivity index (χ0v) is 27.1. The molecule has 0 aromatic heterocycles. The molecule has 3 rings (SSSR count). The second kappa shape index (κ2) is 10.5. The zero-order chi connectivity index (χ0) is 28.8. The first-order valence-corrected chi connectivity index (χ1v) is 14.4. The highest BCUT2D eigenvalue weighted by Crippen LogP contribution is 2.45. The molecule has 204 valence electrons. The first-order chi connectivity index (χ1) is 17.2. The Labute approximate surface area is 240 Å². The van der Waals surface area contributed by atoms with Gasteiger partial charge in [0.15, 0.2) is 0 Å². The van der Waals surface area contributed by atoms with E-state index in [0.29, 0.717) is 5.75 Å². The zero-order valence-electron chi connectivity index (χ0n) is 25.6. The Morgan fingerprint density at radius 3 is 1.18 bits per heavy atom. The van der Waals surface area contributed by atoms with Crippen LogP contribution < -0.4 is 4.65 Å². The van der Waals surface area contributed by atoms with E-state index in [0.717, 1.165) is 26.7 Å². The SMILES string of the molecule is CC(C)(C)c1cc(-c2ccc(-c3cc(C(C)(C)C)cc(C(C)(C)C)c3)c(OBO)c2Br)cc(C(C)(C)C)c1. The molecule has 0 spiro atoms. The second-order valence-corrected chi connectivity index (χ2v) is 15.5. The maximum atomic E-state index is 9.90. The molecule has 1 N–H and O–H groups in total. The third-order valence-corrected chi connectivity index (χ3v) is 8.05. The van der Waals surface area contributed by atoms with E-state index in [1.807, 2.05) is 0 Å². The van der Waals surface area contributed by atoms with Gasteiger partial charge in [-0.3, -0.25) is 0 Å². The van der Waals surface area contributed by atoms with Crippen LogP contribution in [0.1, 0.15) is 105 Å². The van der Waals surface area contributed by atoms with Gasteiger partial charge in [0.05, 0.1) is 4.47 Å². The van der Waals surface area contributed by atoms with Gasteiger partial charge in [0.2, 0.25) is 0 Å². The van der Waals surface area contributed by atoms with Crippen molar-refractivity contribution >= 4 is 23.6 Å². The Balaban J connectivity index is 2.32. The molecule has 3 aromatic carbocycles. The van der Waals surface area contributed by atoms with Crippen molar-refractivity contribution in [3.8, 4) is 28.0 Å². The molecule has 4 heteroatoms. The molecular formula is C34H46BBrO2. The lowest BCUT2D eigenvalue weighted by molar-refractivity contribution is 0.453. The summed E-state index contributed by atoms with van der Waals surface area (Å²) in [6.45, 7) is 27.0. The van der Waals surface area contributed by atoms with Crippen LogP contribution in [0.3, 0.4) is 0 Å². The maximum Gasteiger partial charge on any atom is 0.504 e. The van der Waals surface area contributed by atoms with E-state index in [2.05, 4.69) is 148 Å². The van der Waals surface area contributed by atoms with Crippen molar-refractivity contribution in [1.29, 1.82) is 0 Å². The predicted octanol–water partition coefficient (Wildman–Crippen LogP) is 9.61. The topological polar surface area (TPSA) is 29.5 Å². The summed E-state index contributed by atoms with van der Waals surface area (Å²) in [5.41, 5.74) is 9.45. The summed E-state index contributed by atoms with van der Waals surface area (Å²) < 4.78 is 6.79. The van der Waals surface area contributed by atoms with Crippen LogP contribution in [0, 0.1) is 0 Å². The fraction of sp³-hybridized carbons (Fsp3) is 0.471. The number of hydrogen-bond acceptors (Lipinski definition) is 2.